The lowest BCUT2D eigenvalue weighted by Crippen LogP contribution is -2.16. The van der Waals surface area contributed by atoms with Crippen LogP contribution < -0.4 is 5.56 Å². The second-order valence-electron chi connectivity index (χ2n) is 4.38. The van der Waals surface area contributed by atoms with E-state index in [0.29, 0.717) is 20.0 Å². The van der Waals surface area contributed by atoms with E-state index < -0.39 is 17.4 Å². The van der Waals surface area contributed by atoms with E-state index in [-0.39, 0.29) is 17.4 Å². The standard InChI is InChI=1S/C11H4BrCl2F3N4OS/c12-8-9(14)23-10-18-4(1-7(22)21(8)10)3-20-6(13)2-5(19-20)11(15,16)17/h1-2H,3H2. The van der Waals surface area contributed by atoms with Crippen LogP contribution in [0.15, 0.2) is 21.5 Å². The second kappa shape index (κ2) is 5.76. The number of fused-ring (bicyclic) bond motifs is 1. The minimum atomic E-state index is -4.60. The van der Waals surface area contributed by atoms with Crippen LogP contribution in [0.5, 0.6) is 0 Å². The summed E-state index contributed by atoms with van der Waals surface area (Å²) in [5.74, 6) is 0. The number of halogens is 6. The number of rotatable bonds is 2. The van der Waals surface area contributed by atoms with Gasteiger partial charge in [-0.2, -0.15) is 18.3 Å². The molecule has 0 N–H and O–H groups in total. The van der Waals surface area contributed by atoms with Crippen molar-refractivity contribution in [2.75, 3.05) is 0 Å². The Bertz CT molecular complexity index is 965. The summed E-state index contributed by atoms with van der Waals surface area (Å²) in [7, 11) is 0. The van der Waals surface area contributed by atoms with Crippen molar-refractivity contribution in [2.24, 2.45) is 0 Å². The highest BCUT2D eigenvalue weighted by Gasteiger charge is 2.34. The van der Waals surface area contributed by atoms with Crippen LogP contribution in [0.2, 0.25) is 9.49 Å². The van der Waals surface area contributed by atoms with Crippen molar-refractivity contribution >= 4 is 55.4 Å². The van der Waals surface area contributed by atoms with Crippen LogP contribution in [-0.4, -0.2) is 19.2 Å². The molecule has 3 rings (SSSR count). The zero-order valence-corrected chi connectivity index (χ0v) is 14.6. The van der Waals surface area contributed by atoms with Crippen molar-refractivity contribution in [1.82, 2.24) is 19.2 Å². The number of aromatic nitrogens is 4. The lowest BCUT2D eigenvalue weighted by molar-refractivity contribution is -0.141. The predicted molar refractivity (Wildman–Crippen MR) is 83.4 cm³/mol. The Morgan fingerprint density at radius 2 is 2.00 bits per heavy atom. The molecule has 0 amide bonds. The minimum Gasteiger partial charge on any atom is -0.269 e. The Morgan fingerprint density at radius 3 is 2.61 bits per heavy atom. The lowest BCUT2D eigenvalue weighted by Gasteiger charge is -2.04. The summed E-state index contributed by atoms with van der Waals surface area (Å²) in [6, 6.07) is 1.90. The van der Waals surface area contributed by atoms with Crippen molar-refractivity contribution in [3.63, 3.8) is 0 Å². The summed E-state index contributed by atoms with van der Waals surface area (Å²) in [6.07, 6.45) is -4.60. The largest absolute Gasteiger partial charge is 0.435 e. The molecule has 0 saturated carbocycles. The number of alkyl halides is 3. The smallest absolute Gasteiger partial charge is 0.269 e. The van der Waals surface area contributed by atoms with Crippen molar-refractivity contribution in [3.8, 4) is 0 Å². The molecule has 3 aromatic rings. The molecule has 5 nitrogen and oxygen atoms in total. The van der Waals surface area contributed by atoms with Gasteiger partial charge in [0, 0.05) is 12.1 Å². The zero-order valence-electron chi connectivity index (χ0n) is 10.7. The zero-order chi connectivity index (χ0) is 16.9. The molecule has 0 radical (unpaired) electrons. The summed E-state index contributed by atoms with van der Waals surface area (Å²) < 4.78 is 40.7. The van der Waals surface area contributed by atoms with E-state index in [1.165, 1.54) is 10.5 Å². The molecule has 0 unspecified atom stereocenters. The second-order valence-corrected chi connectivity index (χ2v) is 7.10. The molecule has 122 valence electrons. The van der Waals surface area contributed by atoms with Crippen LogP contribution >= 0.6 is 50.5 Å². The monoisotopic (exact) mass is 446 g/mol. The predicted octanol–water partition coefficient (Wildman–Crippen LogP) is 4.09. The van der Waals surface area contributed by atoms with Gasteiger partial charge in [-0.3, -0.25) is 4.79 Å². The first kappa shape index (κ1) is 16.7. The van der Waals surface area contributed by atoms with Gasteiger partial charge in [0.05, 0.1) is 12.2 Å². The van der Waals surface area contributed by atoms with Crippen LogP contribution in [0.4, 0.5) is 13.2 Å². The van der Waals surface area contributed by atoms with E-state index in [1.54, 1.807) is 0 Å². The van der Waals surface area contributed by atoms with Crippen LogP contribution in [0.3, 0.4) is 0 Å². The lowest BCUT2D eigenvalue weighted by atomic mass is 10.4. The molecule has 0 spiro atoms. The number of nitrogens with zero attached hydrogens (tertiary/aromatic N) is 4. The molecule has 0 aromatic carbocycles. The van der Waals surface area contributed by atoms with Gasteiger partial charge in [-0.25, -0.2) is 14.1 Å². The van der Waals surface area contributed by atoms with Gasteiger partial charge in [0.1, 0.15) is 14.1 Å². The highest BCUT2D eigenvalue weighted by Crippen LogP contribution is 2.31. The first-order chi connectivity index (χ1) is 10.7. The third kappa shape index (κ3) is 3.12. The topological polar surface area (TPSA) is 52.2 Å². The van der Waals surface area contributed by atoms with Gasteiger partial charge < -0.3 is 0 Å². The molecule has 0 fully saturated rings. The van der Waals surface area contributed by atoms with E-state index in [9.17, 15) is 18.0 Å². The molecule has 23 heavy (non-hydrogen) atoms. The van der Waals surface area contributed by atoms with Crippen molar-refractivity contribution in [1.29, 1.82) is 0 Å². The Hall–Kier alpha value is -1.10. The van der Waals surface area contributed by atoms with Gasteiger partial charge >= 0.3 is 6.18 Å². The highest BCUT2D eigenvalue weighted by molar-refractivity contribution is 9.10. The van der Waals surface area contributed by atoms with Gasteiger partial charge in [-0.1, -0.05) is 34.5 Å². The van der Waals surface area contributed by atoms with Crippen molar-refractivity contribution < 1.29 is 13.2 Å². The molecule has 3 heterocycles. The Labute approximate surface area is 148 Å². The van der Waals surface area contributed by atoms with E-state index in [0.717, 1.165) is 16.0 Å². The van der Waals surface area contributed by atoms with Crippen LogP contribution in [0.25, 0.3) is 4.96 Å². The normalized spacial score (nSPS) is 12.3. The summed E-state index contributed by atoms with van der Waals surface area (Å²) >= 11 is 15.9. The molecule has 0 atom stereocenters. The molecule has 12 heteroatoms. The maximum atomic E-state index is 12.6. The molecule has 0 aliphatic rings. The van der Waals surface area contributed by atoms with Gasteiger partial charge in [0.25, 0.3) is 5.56 Å². The quantitative estimate of drug-likeness (QED) is 0.594. The molecule has 3 aromatic heterocycles. The fraction of sp³-hybridized carbons (Fsp3) is 0.182. The highest BCUT2D eigenvalue weighted by atomic mass is 79.9. The molecule has 0 aliphatic heterocycles. The summed E-state index contributed by atoms with van der Waals surface area (Å²) in [5.41, 5.74) is -1.30. The maximum absolute atomic E-state index is 12.6. The molecule has 0 bridgehead atoms. The maximum Gasteiger partial charge on any atom is 0.435 e. The Balaban J connectivity index is 2.03. The number of hydrogen-bond donors (Lipinski definition) is 0. The Morgan fingerprint density at radius 1 is 1.30 bits per heavy atom. The molecular weight excluding hydrogens is 444 g/mol. The van der Waals surface area contributed by atoms with Gasteiger partial charge in [0.2, 0.25) is 0 Å². The third-order valence-corrected chi connectivity index (χ3v) is 5.60. The van der Waals surface area contributed by atoms with Crippen LogP contribution in [0.1, 0.15) is 11.4 Å². The summed E-state index contributed by atoms with van der Waals surface area (Å²) in [4.78, 5) is 16.6. The Kier molecular flexibility index (Phi) is 4.20. The van der Waals surface area contributed by atoms with Crippen LogP contribution in [-0.2, 0) is 12.7 Å². The van der Waals surface area contributed by atoms with Gasteiger partial charge in [-0.15, -0.1) is 0 Å². The van der Waals surface area contributed by atoms with Gasteiger partial charge in [0.15, 0.2) is 10.7 Å². The van der Waals surface area contributed by atoms with Crippen molar-refractivity contribution in [3.05, 3.63) is 48.0 Å². The molecular formula is C11H4BrCl2F3N4OS. The summed E-state index contributed by atoms with van der Waals surface area (Å²) in [5, 5.41) is 3.18. The SMILES string of the molecule is O=c1cc(Cn2nc(C(F)(F)F)cc2Cl)nc2sc(Cl)c(Br)n12. The van der Waals surface area contributed by atoms with Crippen LogP contribution in [0, 0.1) is 0 Å². The summed E-state index contributed by atoms with van der Waals surface area (Å²) in [6.45, 7) is -0.173. The fourth-order valence-corrected chi connectivity index (χ4v) is 3.81. The van der Waals surface area contributed by atoms with E-state index in [1.807, 2.05) is 0 Å². The first-order valence-electron chi connectivity index (χ1n) is 5.84. The number of thiazole rings is 1. The van der Waals surface area contributed by atoms with Crippen molar-refractivity contribution in [2.45, 2.75) is 12.7 Å². The average molecular weight is 448 g/mol. The first-order valence-corrected chi connectivity index (χ1v) is 8.20. The average Bonchev–Trinajstić information content (AvgIpc) is 2.92. The van der Waals surface area contributed by atoms with E-state index in [4.69, 9.17) is 23.2 Å². The third-order valence-electron chi connectivity index (χ3n) is 2.81. The van der Waals surface area contributed by atoms with E-state index >= 15 is 0 Å². The fourth-order valence-electron chi connectivity index (χ4n) is 1.84. The molecule has 0 aliphatic carbocycles. The number of hydrogen-bond acceptors (Lipinski definition) is 4. The van der Waals surface area contributed by atoms with Gasteiger partial charge in [-0.05, 0) is 15.9 Å². The van der Waals surface area contributed by atoms with E-state index in [2.05, 4.69) is 26.0 Å². The molecule has 0 saturated heterocycles. The minimum absolute atomic E-state index is 0.173.